The Bertz CT molecular complexity index is 296. The van der Waals surface area contributed by atoms with Crippen LogP contribution in [0.1, 0.15) is 10.4 Å². The van der Waals surface area contributed by atoms with Gasteiger partial charge in [-0.15, -0.1) is 0 Å². The molecule has 1 aromatic carbocycles. The van der Waals surface area contributed by atoms with Gasteiger partial charge in [-0.25, -0.2) is 0 Å². The van der Waals surface area contributed by atoms with Gasteiger partial charge in [-0.05, 0) is 24.1 Å². The topological polar surface area (TPSA) is 43.1 Å². The summed E-state index contributed by atoms with van der Waals surface area (Å²) in [7, 11) is 0. The highest BCUT2D eigenvalue weighted by atomic mass is 35.5. The van der Waals surface area contributed by atoms with Crippen molar-refractivity contribution in [3.63, 3.8) is 0 Å². The first kappa shape index (κ1) is 9.86. The van der Waals surface area contributed by atoms with Gasteiger partial charge in [-0.1, -0.05) is 29.3 Å². The highest BCUT2D eigenvalue weighted by Gasteiger charge is 2.12. The Morgan fingerprint density at radius 3 is 2.25 bits per heavy atom. The second kappa shape index (κ2) is 4.14. The lowest BCUT2D eigenvalue weighted by Crippen LogP contribution is -1.99. The molecule has 0 aliphatic carbocycles. The van der Waals surface area contributed by atoms with Crippen LogP contribution in [-0.4, -0.2) is 5.12 Å². The van der Waals surface area contributed by atoms with Gasteiger partial charge < -0.3 is 0 Å². The third-order valence-electron chi connectivity index (χ3n) is 1.27. The summed E-state index contributed by atoms with van der Waals surface area (Å²) in [5.74, 6) is 0. The van der Waals surface area contributed by atoms with Gasteiger partial charge in [0.15, 0.2) is 0 Å². The van der Waals surface area contributed by atoms with Crippen LogP contribution in [0.3, 0.4) is 0 Å². The van der Waals surface area contributed by atoms with E-state index in [1.165, 1.54) is 0 Å². The molecule has 0 atom stereocenters. The molecule has 2 nitrogen and oxygen atoms in total. The van der Waals surface area contributed by atoms with Crippen molar-refractivity contribution < 1.29 is 4.79 Å². The van der Waals surface area contributed by atoms with E-state index in [0.717, 1.165) is 0 Å². The van der Waals surface area contributed by atoms with Crippen LogP contribution in [0, 0.1) is 0 Å². The monoisotopic (exact) mass is 221 g/mol. The van der Waals surface area contributed by atoms with Gasteiger partial charge in [0.05, 0.1) is 15.6 Å². The van der Waals surface area contributed by atoms with E-state index < -0.39 is 0 Å². The first-order chi connectivity index (χ1) is 5.66. The molecule has 5 heteroatoms. The average Bonchev–Trinajstić information content (AvgIpc) is 2.03. The molecule has 1 rings (SSSR count). The Morgan fingerprint density at radius 1 is 1.33 bits per heavy atom. The maximum Gasteiger partial charge on any atom is 0.236 e. The molecule has 2 N–H and O–H groups in total. The van der Waals surface area contributed by atoms with E-state index >= 15 is 0 Å². The fourth-order valence-electron chi connectivity index (χ4n) is 0.752. The third kappa shape index (κ3) is 1.93. The molecule has 0 aliphatic rings. The minimum Gasteiger partial charge on any atom is -0.280 e. The van der Waals surface area contributed by atoms with E-state index in [1.54, 1.807) is 18.2 Å². The van der Waals surface area contributed by atoms with Crippen LogP contribution in [0.5, 0.6) is 0 Å². The van der Waals surface area contributed by atoms with Gasteiger partial charge in [0.1, 0.15) is 0 Å². The van der Waals surface area contributed by atoms with E-state index in [0.29, 0.717) is 22.0 Å². The predicted octanol–water partition coefficient (Wildman–Crippen LogP) is 2.74. The van der Waals surface area contributed by atoms with E-state index in [9.17, 15) is 4.79 Å². The van der Waals surface area contributed by atoms with Crippen molar-refractivity contribution in [1.29, 1.82) is 0 Å². The third-order valence-corrected chi connectivity index (χ3v) is 2.32. The van der Waals surface area contributed by atoms with E-state index in [4.69, 9.17) is 28.3 Å². The highest BCUT2D eigenvalue weighted by Crippen LogP contribution is 2.26. The molecule has 0 spiro atoms. The average molecular weight is 222 g/mol. The number of halogens is 2. The number of rotatable bonds is 1. The molecule has 0 amide bonds. The first-order valence-electron chi connectivity index (χ1n) is 3.02. The number of carbonyl (C=O) groups excluding carboxylic acids is 1. The second-order valence-electron chi connectivity index (χ2n) is 2.00. The Kier molecular flexibility index (Phi) is 3.40. The smallest absolute Gasteiger partial charge is 0.236 e. The summed E-state index contributed by atoms with van der Waals surface area (Å²) < 4.78 is 0. The molecule has 0 bridgehead atoms. The maximum atomic E-state index is 11.1. The van der Waals surface area contributed by atoms with E-state index in [2.05, 4.69) is 0 Å². The van der Waals surface area contributed by atoms with Gasteiger partial charge in [-0.3, -0.25) is 9.93 Å². The molecule has 0 radical (unpaired) electrons. The molecular weight excluding hydrogens is 217 g/mol. The normalized spacial score (nSPS) is 9.92. The molecule has 0 aliphatic heterocycles. The molecule has 0 heterocycles. The molecule has 12 heavy (non-hydrogen) atoms. The number of hydrogen-bond acceptors (Lipinski definition) is 3. The van der Waals surface area contributed by atoms with Crippen molar-refractivity contribution in [3.8, 4) is 0 Å². The van der Waals surface area contributed by atoms with E-state index in [-0.39, 0.29) is 10.7 Å². The minimum absolute atomic E-state index is 0.272. The summed E-state index contributed by atoms with van der Waals surface area (Å²) in [6.45, 7) is 0. The lowest BCUT2D eigenvalue weighted by molar-refractivity contribution is 0.108. The predicted molar refractivity (Wildman–Crippen MR) is 52.6 cm³/mol. The lowest BCUT2D eigenvalue weighted by atomic mass is 10.2. The van der Waals surface area contributed by atoms with Crippen LogP contribution >= 0.6 is 35.1 Å². The highest BCUT2D eigenvalue weighted by molar-refractivity contribution is 8.12. The molecular formula is C7H5Cl2NOS. The zero-order chi connectivity index (χ0) is 9.14. The lowest BCUT2D eigenvalue weighted by Gasteiger charge is -2.01. The fourth-order valence-corrected chi connectivity index (χ4v) is 1.77. The fraction of sp³-hybridized carbons (Fsp3) is 0. The molecule has 0 unspecified atom stereocenters. The van der Waals surface area contributed by atoms with Crippen LogP contribution in [0.25, 0.3) is 0 Å². The van der Waals surface area contributed by atoms with Gasteiger partial charge in [0.25, 0.3) is 0 Å². The van der Waals surface area contributed by atoms with Crippen molar-refractivity contribution in [2.45, 2.75) is 0 Å². The molecule has 64 valence electrons. The van der Waals surface area contributed by atoms with E-state index in [1.807, 2.05) is 0 Å². The van der Waals surface area contributed by atoms with Crippen molar-refractivity contribution >= 4 is 40.3 Å². The molecule has 0 aromatic heterocycles. The van der Waals surface area contributed by atoms with Crippen LogP contribution in [0.2, 0.25) is 10.0 Å². The van der Waals surface area contributed by atoms with Crippen molar-refractivity contribution in [2.75, 3.05) is 0 Å². The number of nitrogens with two attached hydrogens (primary N) is 1. The quantitative estimate of drug-likeness (QED) is 0.743. The minimum atomic E-state index is -0.328. The van der Waals surface area contributed by atoms with Crippen molar-refractivity contribution in [2.24, 2.45) is 5.14 Å². The zero-order valence-electron chi connectivity index (χ0n) is 5.88. The number of carbonyl (C=O) groups is 1. The zero-order valence-corrected chi connectivity index (χ0v) is 8.21. The van der Waals surface area contributed by atoms with Gasteiger partial charge in [0.2, 0.25) is 5.12 Å². The Hall–Kier alpha value is -0.220. The SMILES string of the molecule is NSC(=O)c1c(Cl)cccc1Cl. The molecule has 0 saturated carbocycles. The summed E-state index contributed by atoms with van der Waals surface area (Å²) in [6, 6.07) is 4.86. The van der Waals surface area contributed by atoms with Gasteiger partial charge in [0, 0.05) is 0 Å². The number of benzene rings is 1. The maximum absolute atomic E-state index is 11.1. The van der Waals surface area contributed by atoms with Crippen LogP contribution in [0.15, 0.2) is 18.2 Å². The summed E-state index contributed by atoms with van der Waals surface area (Å²) in [4.78, 5) is 11.1. The van der Waals surface area contributed by atoms with Gasteiger partial charge >= 0.3 is 0 Å². The molecule has 0 fully saturated rings. The second-order valence-corrected chi connectivity index (χ2v) is 3.42. The van der Waals surface area contributed by atoms with Crippen molar-refractivity contribution in [3.05, 3.63) is 33.8 Å². The van der Waals surface area contributed by atoms with Crippen LogP contribution in [0.4, 0.5) is 0 Å². The molecule has 0 saturated heterocycles. The summed E-state index contributed by atoms with van der Waals surface area (Å²) >= 11 is 12.1. The summed E-state index contributed by atoms with van der Waals surface area (Å²) in [5, 5.41) is 5.41. The Balaban J connectivity index is 3.21. The Labute approximate surface area is 84.2 Å². The van der Waals surface area contributed by atoms with Crippen LogP contribution < -0.4 is 5.14 Å². The molecule has 1 aromatic rings. The largest absolute Gasteiger partial charge is 0.280 e. The Morgan fingerprint density at radius 2 is 1.83 bits per heavy atom. The van der Waals surface area contributed by atoms with Crippen LogP contribution in [-0.2, 0) is 0 Å². The summed E-state index contributed by atoms with van der Waals surface area (Å²) in [6.07, 6.45) is 0. The standard InChI is InChI=1S/C7H5Cl2NOS/c8-4-2-1-3-5(9)6(4)7(11)12-10/h1-3H,10H2. The van der Waals surface area contributed by atoms with Crippen molar-refractivity contribution in [1.82, 2.24) is 0 Å². The van der Waals surface area contributed by atoms with Gasteiger partial charge in [-0.2, -0.15) is 0 Å². The first-order valence-corrected chi connectivity index (χ1v) is 4.65. The number of hydrogen-bond donors (Lipinski definition) is 1. The summed E-state index contributed by atoms with van der Waals surface area (Å²) in [5.41, 5.74) is 0.272.